The monoisotopic (exact) mass is 241 g/mol. The molecule has 0 aliphatic heterocycles. The van der Waals surface area contributed by atoms with E-state index in [9.17, 15) is 0 Å². The fraction of sp³-hybridized carbons (Fsp3) is 0.267. The minimum absolute atomic E-state index is 0.735. The van der Waals surface area contributed by atoms with Gasteiger partial charge in [-0.3, -0.25) is 0 Å². The van der Waals surface area contributed by atoms with Gasteiger partial charge in [-0.1, -0.05) is 29.8 Å². The summed E-state index contributed by atoms with van der Waals surface area (Å²) < 4.78 is 0. The maximum Gasteiger partial charge on any atom is 0.126 e. The Balaban J connectivity index is 1.90. The quantitative estimate of drug-likeness (QED) is 0.865. The van der Waals surface area contributed by atoms with Crippen LogP contribution >= 0.6 is 0 Å². The Bertz CT molecular complexity index is 535. The Labute approximate surface area is 108 Å². The SMILES string of the molecule is Cc1cccc(CCNc2ccc(N)c(C)n2)c1. The van der Waals surface area contributed by atoms with Crippen molar-refractivity contribution in [3.8, 4) is 0 Å². The van der Waals surface area contributed by atoms with Crippen molar-refractivity contribution >= 4 is 11.5 Å². The summed E-state index contributed by atoms with van der Waals surface area (Å²) in [6, 6.07) is 12.4. The van der Waals surface area contributed by atoms with E-state index in [1.165, 1.54) is 11.1 Å². The van der Waals surface area contributed by atoms with Crippen molar-refractivity contribution in [1.82, 2.24) is 4.98 Å². The van der Waals surface area contributed by atoms with Crippen molar-refractivity contribution in [1.29, 1.82) is 0 Å². The standard InChI is InChI=1S/C15H19N3/c1-11-4-3-5-13(10-11)8-9-17-15-7-6-14(16)12(2)18-15/h3-7,10H,8-9,16H2,1-2H3,(H,17,18). The normalized spacial score (nSPS) is 10.3. The maximum atomic E-state index is 5.73. The minimum Gasteiger partial charge on any atom is -0.397 e. The highest BCUT2D eigenvalue weighted by atomic mass is 15.0. The zero-order chi connectivity index (χ0) is 13.0. The lowest BCUT2D eigenvalue weighted by Gasteiger charge is -2.08. The van der Waals surface area contributed by atoms with E-state index < -0.39 is 0 Å². The van der Waals surface area contributed by atoms with Crippen LogP contribution < -0.4 is 11.1 Å². The van der Waals surface area contributed by atoms with Crippen molar-refractivity contribution in [2.75, 3.05) is 17.6 Å². The summed E-state index contributed by atoms with van der Waals surface area (Å²) >= 11 is 0. The van der Waals surface area contributed by atoms with E-state index in [1.807, 2.05) is 19.1 Å². The number of aryl methyl sites for hydroxylation is 2. The van der Waals surface area contributed by atoms with Crippen molar-refractivity contribution < 1.29 is 0 Å². The third-order valence-corrected chi connectivity index (χ3v) is 2.93. The fourth-order valence-electron chi connectivity index (χ4n) is 1.87. The molecule has 0 aliphatic rings. The predicted octanol–water partition coefficient (Wildman–Crippen LogP) is 2.94. The topological polar surface area (TPSA) is 50.9 Å². The van der Waals surface area contributed by atoms with Gasteiger partial charge in [0, 0.05) is 6.54 Å². The molecule has 1 aromatic heterocycles. The van der Waals surface area contributed by atoms with Gasteiger partial charge in [0.25, 0.3) is 0 Å². The highest BCUT2D eigenvalue weighted by Gasteiger charge is 1.98. The molecule has 0 atom stereocenters. The second-order valence-corrected chi connectivity index (χ2v) is 4.54. The molecule has 0 spiro atoms. The number of nitrogen functional groups attached to an aromatic ring is 1. The van der Waals surface area contributed by atoms with Gasteiger partial charge in [-0.25, -0.2) is 4.98 Å². The van der Waals surface area contributed by atoms with Crippen LogP contribution in [0.15, 0.2) is 36.4 Å². The first kappa shape index (κ1) is 12.4. The molecule has 0 saturated carbocycles. The Morgan fingerprint density at radius 1 is 1.17 bits per heavy atom. The number of hydrogen-bond donors (Lipinski definition) is 2. The van der Waals surface area contributed by atoms with Crippen molar-refractivity contribution in [2.24, 2.45) is 0 Å². The van der Waals surface area contributed by atoms with Gasteiger partial charge in [0.05, 0.1) is 11.4 Å². The van der Waals surface area contributed by atoms with E-state index in [1.54, 1.807) is 0 Å². The van der Waals surface area contributed by atoms with Crippen LogP contribution in [0.5, 0.6) is 0 Å². The molecule has 0 aliphatic carbocycles. The smallest absolute Gasteiger partial charge is 0.126 e. The summed E-state index contributed by atoms with van der Waals surface area (Å²) in [7, 11) is 0. The van der Waals surface area contributed by atoms with Crippen LogP contribution in [-0.2, 0) is 6.42 Å². The number of nitrogens with one attached hydrogen (secondary N) is 1. The Kier molecular flexibility index (Phi) is 3.82. The van der Waals surface area contributed by atoms with Gasteiger partial charge in [-0.15, -0.1) is 0 Å². The van der Waals surface area contributed by atoms with Crippen LogP contribution in [0.3, 0.4) is 0 Å². The van der Waals surface area contributed by atoms with E-state index >= 15 is 0 Å². The minimum atomic E-state index is 0.735. The molecule has 0 saturated heterocycles. The molecule has 3 N–H and O–H groups in total. The highest BCUT2D eigenvalue weighted by molar-refractivity contribution is 5.49. The molecule has 1 heterocycles. The molecule has 18 heavy (non-hydrogen) atoms. The molecule has 2 aromatic rings. The third-order valence-electron chi connectivity index (χ3n) is 2.93. The van der Waals surface area contributed by atoms with Crippen molar-refractivity contribution in [3.63, 3.8) is 0 Å². The molecule has 1 aromatic carbocycles. The summed E-state index contributed by atoms with van der Waals surface area (Å²) in [4.78, 5) is 4.39. The van der Waals surface area contributed by atoms with E-state index in [0.717, 1.165) is 30.2 Å². The van der Waals surface area contributed by atoms with Gasteiger partial charge < -0.3 is 11.1 Å². The highest BCUT2D eigenvalue weighted by Crippen LogP contribution is 2.12. The molecule has 0 amide bonds. The number of hydrogen-bond acceptors (Lipinski definition) is 3. The van der Waals surface area contributed by atoms with Gasteiger partial charge in [-0.05, 0) is 38.0 Å². The van der Waals surface area contributed by atoms with E-state index in [0.29, 0.717) is 0 Å². The zero-order valence-electron chi connectivity index (χ0n) is 10.9. The van der Waals surface area contributed by atoms with Crippen LogP contribution in [0.1, 0.15) is 16.8 Å². The number of anilines is 2. The Morgan fingerprint density at radius 2 is 2.00 bits per heavy atom. The molecule has 94 valence electrons. The largest absolute Gasteiger partial charge is 0.397 e. The average molecular weight is 241 g/mol. The van der Waals surface area contributed by atoms with E-state index in [2.05, 4.69) is 41.5 Å². The first-order chi connectivity index (χ1) is 8.65. The second-order valence-electron chi connectivity index (χ2n) is 4.54. The molecule has 0 bridgehead atoms. The summed E-state index contributed by atoms with van der Waals surface area (Å²) in [5.41, 5.74) is 9.98. The summed E-state index contributed by atoms with van der Waals surface area (Å²) in [6.45, 7) is 4.91. The zero-order valence-corrected chi connectivity index (χ0v) is 10.9. The van der Waals surface area contributed by atoms with Gasteiger partial charge in [0.2, 0.25) is 0 Å². The molecule has 2 rings (SSSR count). The fourth-order valence-corrected chi connectivity index (χ4v) is 1.87. The molecule has 0 radical (unpaired) electrons. The number of nitrogens with two attached hydrogens (primary N) is 1. The van der Waals surface area contributed by atoms with E-state index in [4.69, 9.17) is 5.73 Å². The Morgan fingerprint density at radius 3 is 2.72 bits per heavy atom. The van der Waals surface area contributed by atoms with Gasteiger partial charge in [0.15, 0.2) is 0 Å². The van der Waals surface area contributed by atoms with Crippen LogP contribution in [0.4, 0.5) is 11.5 Å². The molecule has 3 nitrogen and oxygen atoms in total. The third kappa shape index (κ3) is 3.23. The van der Waals surface area contributed by atoms with Gasteiger partial charge >= 0.3 is 0 Å². The summed E-state index contributed by atoms with van der Waals surface area (Å²) in [5.74, 6) is 0.884. The lowest BCUT2D eigenvalue weighted by Crippen LogP contribution is -2.07. The predicted molar refractivity (Wildman–Crippen MR) is 76.8 cm³/mol. The lowest BCUT2D eigenvalue weighted by atomic mass is 10.1. The molecule has 0 unspecified atom stereocenters. The number of aromatic nitrogens is 1. The molecule has 3 heteroatoms. The van der Waals surface area contributed by atoms with Crippen LogP contribution in [-0.4, -0.2) is 11.5 Å². The molecular weight excluding hydrogens is 222 g/mol. The van der Waals surface area contributed by atoms with Crippen LogP contribution in [0.25, 0.3) is 0 Å². The number of rotatable bonds is 4. The Hall–Kier alpha value is -2.03. The van der Waals surface area contributed by atoms with Gasteiger partial charge in [-0.2, -0.15) is 0 Å². The van der Waals surface area contributed by atoms with Crippen LogP contribution in [0.2, 0.25) is 0 Å². The first-order valence-corrected chi connectivity index (χ1v) is 6.18. The van der Waals surface area contributed by atoms with E-state index in [-0.39, 0.29) is 0 Å². The first-order valence-electron chi connectivity index (χ1n) is 6.18. The van der Waals surface area contributed by atoms with Gasteiger partial charge in [0.1, 0.15) is 5.82 Å². The van der Waals surface area contributed by atoms with Crippen LogP contribution in [0, 0.1) is 13.8 Å². The molecular formula is C15H19N3. The average Bonchev–Trinajstić information content (AvgIpc) is 2.34. The maximum absolute atomic E-state index is 5.73. The molecule has 0 fully saturated rings. The van der Waals surface area contributed by atoms with Crippen molar-refractivity contribution in [3.05, 3.63) is 53.2 Å². The second kappa shape index (κ2) is 5.54. The summed E-state index contributed by atoms with van der Waals surface area (Å²) in [5, 5.41) is 3.31. The number of pyridine rings is 1. The lowest BCUT2D eigenvalue weighted by molar-refractivity contribution is 0.999. The van der Waals surface area contributed by atoms with Crippen molar-refractivity contribution in [2.45, 2.75) is 20.3 Å². The number of benzene rings is 1. The summed E-state index contributed by atoms with van der Waals surface area (Å²) in [6.07, 6.45) is 0.993. The number of nitrogens with zero attached hydrogens (tertiary/aromatic N) is 1.